The standard InChI is InChI=1S/C24H31FN4O6S/c1-6-21(24(31)26-16(2)3)27(14-18-8-10-19(25)11-9-18)23(30)15-28(36(5,34)35)22-13-20(29(32)33)12-7-17(22)4/h7-13,16,21H,6,14-15H2,1-5H3,(H,26,31). The van der Waals surface area contributed by atoms with E-state index in [9.17, 15) is 32.5 Å². The van der Waals surface area contributed by atoms with Gasteiger partial charge < -0.3 is 10.2 Å². The van der Waals surface area contributed by atoms with E-state index in [1.807, 2.05) is 0 Å². The molecule has 2 rings (SSSR count). The first-order chi connectivity index (χ1) is 16.7. The van der Waals surface area contributed by atoms with Crippen molar-refractivity contribution in [2.75, 3.05) is 17.1 Å². The van der Waals surface area contributed by atoms with Crippen molar-refractivity contribution in [2.45, 2.75) is 52.7 Å². The van der Waals surface area contributed by atoms with Crippen LogP contribution in [0.15, 0.2) is 42.5 Å². The third-order valence-electron chi connectivity index (χ3n) is 5.43. The minimum absolute atomic E-state index is 0.0125. The van der Waals surface area contributed by atoms with Crippen LogP contribution in [0.25, 0.3) is 0 Å². The lowest BCUT2D eigenvalue weighted by Gasteiger charge is -2.33. The van der Waals surface area contributed by atoms with Crippen LogP contribution >= 0.6 is 0 Å². The molecule has 0 aliphatic carbocycles. The maximum absolute atomic E-state index is 13.6. The number of carbonyl (C=O) groups excluding carboxylic acids is 2. The zero-order valence-electron chi connectivity index (χ0n) is 20.9. The zero-order valence-corrected chi connectivity index (χ0v) is 21.7. The van der Waals surface area contributed by atoms with Crippen molar-refractivity contribution >= 4 is 33.2 Å². The Morgan fingerprint density at radius 3 is 2.25 bits per heavy atom. The van der Waals surface area contributed by atoms with E-state index in [-0.39, 0.29) is 30.4 Å². The largest absolute Gasteiger partial charge is 0.352 e. The van der Waals surface area contributed by atoms with Crippen molar-refractivity contribution < 1.29 is 27.3 Å². The monoisotopic (exact) mass is 522 g/mol. The smallest absolute Gasteiger partial charge is 0.271 e. The molecule has 1 unspecified atom stereocenters. The van der Waals surface area contributed by atoms with Gasteiger partial charge >= 0.3 is 0 Å². The molecule has 1 atom stereocenters. The molecule has 0 aliphatic heterocycles. The molecule has 0 saturated carbocycles. The number of anilines is 1. The topological polar surface area (TPSA) is 130 Å². The molecule has 196 valence electrons. The summed E-state index contributed by atoms with van der Waals surface area (Å²) < 4.78 is 39.6. The first kappa shape index (κ1) is 28.7. The molecule has 0 bridgehead atoms. The SMILES string of the molecule is CCC(C(=O)NC(C)C)N(Cc1ccc(F)cc1)C(=O)CN(c1cc([N+](=O)[O-])ccc1C)S(C)(=O)=O. The molecule has 0 heterocycles. The second-order valence-corrected chi connectivity index (χ2v) is 10.6. The number of nitrogens with zero attached hydrogens (tertiary/aromatic N) is 3. The van der Waals surface area contributed by atoms with E-state index in [4.69, 9.17) is 0 Å². The van der Waals surface area contributed by atoms with Gasteiger partial charge in [0, 0.05) is 24.7 Å². The summed E-state index contributed by atoms with van der Waals surface area (Å²) in [6, 6.07) is 8.00. The Hall–Kier alpha value is -3.54. The average molecular weight is 523 g/mol. The summed E-state index contributed by atoms with van der Waals surface area (Å²) in [7, 11) is -4.05. The Bertz CT molecular complexity index is 1220. The molecule has 12 heteroatoms. The van der Waals surface area contributed by atoms with Gasteiger partial charge in [0.2, 0.25) is 21.8 Å². The van der Waals surface area contributed by atoms with Gasteiger partial charge in [-0.1, -0.05) is 25.1 Å². The Labute approximate surface area is 210 Å². The first-order valence-electron chi connectivity index (χ1n) is 11.3. The van der Waals surface area contributed by atoms with Crippen molar-refractivity contribution in [3.8, 4) is 0 Å². The molecular formula is C24H31FN4O6S. The second-order valence-electron chi connectivity index (χ2n) is 8.73. The van der Waals surface area contributed by atoms with Crippen LogP contribution in [0.1, 0.15) is 38.3 Å². The molecule has 10 nitrogen and oxygen atoms in total. The normalized spacial score (nSPS) is 12.2. The molecule has 0 aromatic heterocycles. The van der Waals surface area contributed by atoms with E-state index in [0.29, 0.717) is 11.1 Å². The number of amides is 2. The molecule has 2 aromatic rings. The van der Waals surface area contributed by atoms with Crippen LogP contribution in [0, 0.1) is 22.9 Å². The minimum Gasteiger partial charge on any atom is -0.352 e. The van der Waals surface area contributed by atoms with Crippen LogP contribution in [0.3, 0.4) is 0 Å². The molecular weight excluding hydrogens is 491 g/mol. The summed E-state index contributed by atoms with van der Waals surface area (Å²) in [4.78, 5) is 38.4. The van der Waals surface area contributed by atoms with Gasteiger partial charge in [0.15, 0.2) is 0 Å². The fourth-order valence-corrected chi connectivity index (χ4v) is 4.56. The lowest BCUT2D eigenvalue weighted by atomic mass is 10.1. The minimum atomic E-state index is -4.05. The van der Waals surface area contributed by atoms with Gasteiger partial charge in [-0.15, -0.1) is 0 Å². The maximum atomic E-state index is 13.6. The number of benzene rings is 2. The summed E-state index contributed by atoms with van der Waals surface area (Å²) in [5.74, 6) is -1.58. The van der Waals surface area contributed by atoms with E-state index in [1.165, 1.54) is 41.3 Å². The predicted octanol–water partition coefficient (Wildman–Crippen LogP) is 3.14. The van der Waals surface area contributed by atoms with Gasteiger partial charge in [0.1, 0.15) is 18.4 Å². The van der Waals surface area contributed by atoms with Crippen LogP contribution in [-0.4, -0.2) is 54.9 Å². The van der Waals surface area contributed by atoms with Crippen molar-refractivity contribution in [1.82, 2.24) is 10.2 Å². The van der Waals surface area contributed by atoms with E-state index in [2.05, 4.69) is 5.32 Å². The highest BCUT2D eigenvalue weighted by Gasteiger charge is 2.32. The van der Waals surface area contributed by atoms with Crippen LogP contribution < -0.4 is 9.62 Å². The summed E-state index contributed by atoms with van der Waals surface area (Å²) in [6.07, 6.45) is 1.13. The second kappa shape index (κ2) is 11.9. The van der Waals surface area contributed by atoms with Crippen LogP contribution in [0.5, 0.6) is 0 Å². The van der Waals surface area contributed by atoms with Gasteiger partial charge in [-0.05, 0) is 50.5 Å². The van der Waals surface area contributed by atoms with Crippen LogP contribution in [-0.2, 0) is 26.2 Å². The van der Waals surface area contributed by atoms with Crippen LogP contribution in [0.2, 0.25) is 0 Å². The lowest BCUT2D eigenvalue weighted by Crippen LogP contribution is -2.53. The number of nitro benzene ring substituents is 1. The third kappa shape index (κ3) is 7.48. The molecule has 0 radical (unpaired) electrons. The maximum Gasteiger partial charge on any atom is 0.271 e. The van der Waals surface area contributed by atoms with Crippen molar-refractivity contribution in [2.24, 2.45) is 0 Å². The van der Waals surface area contributed by atoms with E-state index in [0.717, 1.165) is 16.6 Å². The van der Waals surface area contributed by atoms with Gasteiger partial charge in [-0.25, -0.2) is 12.8 Å². The molecule has 2 aromatic carbocycles. The number of halogens is 1. The number of hydrogen-bond acceptors (Lipinski definition) is 6. The molecule has 0 spiro atoms. The van der Waals surface area contributed by atoms with Crippen molar-refractivity contribution in [3.05, 3.63) is 69.5 Å². The number of sulfonamides is 1. The zero-order chi connectivity index (χ0) is 27.2. The van der Waals surface area contributed by atoms with Crippen molar-refractivity contribution in [1.29, 1.82) is 0 Å². The van der Waals surface area contributed by atoms with E-state index >= 15 is 0 Å². The van der Waals surface area contributed by atoms with Crippen LogP contribution in [0.4, 0.5) is 15.8 Å². The molecule has 0 aliphatic rings. The summed E-state index contributed by atoms with van der Waals surface area (Å²) in [5, 5.41) is 14.0. The quantitative estimate of drug-likeness (QED) is 0.356. The summed E-state index contributed by atoms with van der Waals surface area (Å²) >= 11 is 0. The number of rotatable bonds is 11. The molecule has 2 amide bonds. The highest BCUT2D eigenvalue weighted by atomic mass is 32.2. The number of nitro groups is 1. The third-order valence-corrected chi connectivity index (χ3v) is 6.56. The predicted molar refractivity (Wildman–Crippen MR) is 134 cm³/mol. The Balaban J connectivity index is 2.52. The number of aryl methyl sites for hydroxylation is 1. The fraction of sp³-hybridized carbons (Fsp3) is 0.417. The van der Waals surface area contributed by atoms with Gasteiger partial charge in [0.25, 0.3) is 5.69 Å². The summed E-state index contributed by atoms with van der Waals surface area (Å²) in [6.45, 7) is 6.07. The molecule has 1 N–H and O–H groups in total. The van der Waals surface area contributed by atoms with E-state index < -0.39 is 45.2 Å². The van der Waals surface area contributed by atoms with Gasteiger partial charge in [-0.3, -0.25) is 24.0 Å². The van der Waals surface area contributed by atoms with Crippen molar-refractivity contribution in [3.63, 3.8) is 0 Å². The number of non-ortho nitro benzene ring substituents is 1. The first-order valence-corrected chi connectivity index (χ1v) is 13.2. The average Bonchev–Trinajstić information content (AvgIpc) is 2.77. The number of carbonyl (C=O) groups is 2. The number of hydrogen-bond donors (Lipinski definition) is 1. The Kier molecular flexibility index (Phi) is 9.51. The van der Waals surface area contributed by atoms with E-state index in [1.54, 1.807) is 27.7 Å². The Morgan fingerprint density at radius 1 is 1.14 bits per heavy atom. The van der Waals surface area contributed by atoms with Gasteiger partial charge in [0.05, 0.1) is 16.9 Å². The highest BCUT2D eigenvalue weighted by Crippen LogP contribution is 2.28. The molecule has 0 saturated heterocycles. The Morgan fingerprint density at radius 2 is 1.75 bits per heavy atom. The van der Waals surface area contributed by atoms with Gasteiger partial charge in [-0.2, -0.15) is 0 Å². The molecule has 36 heavy (non-hydrogen) atoms. The fourth-order valence-electron chi connectivity index (χ4n) is 3.66. The highest BCUT2D eigenvalue weighted by molar-refractivity contribution is 7.92. The molecule has 0 fully saturated rings. The lowest BCUT2D eigenvalue weighted by molar-refractivity contribution is -0.384. The summed E-state index contributed by atoms with van der Waals surface area (Å²) in [5.41, 5.74) is 0.607. The number of nitrogens with one attached hydrogen (secondary N) is 1.